The highest BCUT2D eigenvalue weighted by Gasteiger charge is 2.20. The Kier molecular flexibility index (Phi) is 5.68. The molecule has 138 valence electrons. The highest BCUT2D eigenvalue weighted by Crippen LogP contribution is 2.21. The number of nitrogens with one attached hydrogen (secondary N) is 1. The first-order valence-electron chi connectivity index (χ1n) is 8.09. The van der Waals surface area contributed by atoms with Gasteiger partial charge in [-0.3, -0.25) is 9.69 Å². The summed E-state index contributed by atoms with van der Waals surface area (Å²) in [7, 11) is 0. The summed E-state index contributed by atoms with van der Waals surface area (Å²) in [6.45, 7) is 2.75. The normalized spacial score (nSPS) is 15.2. The number of carbonyl (C=O) groups is 1. The van der Waals surface area contributed by atoms with Crippen LogP contribution >= 0.6 is 11.6 Å². The van der Waals surface area contributed by atoms with Crippen molar-refractivity contribution < 1.29 is 18.0 Å². The SMILES string of the molecule is O=C(CN1CCN(c2cccc(Cl)c2)CC1)Nc1cc(F)c(F)cc1F. The Bertz CT molecular complexity index is 810. The summed E-state index contributed by atoms with van der Waals surface area (Å²) < 4.78 is 39.7. The molecule has 2 aromatic carbocycles. The van der Waals surface area contributed by atoms with Gasteiger partial charge in [-0.2, -0.15) is 0 Å². The van der Waals surface area contributed by atoms with E-state index in [4.69, 9.17) is 11.6 Å². The summed E-state index contributed by atoms with van der Waals surface area (Å²) in [6, 6.07) is 8.60. The van der Waals surface area contributed by atoms with E-state index < -0.39 is 23.4 Å². The van der Waals surface area contributed by atoms with E-state index in [1.807, 2.05) is 29.2 Å². The lowest BCUT2D eigenvalue weighted by molar-refractivity contribution is -0.117. The van der Waals surface area contributed by atoms with Crippen molar-refractivity contribution in [2.45, 2.75) is 0 Å². The molecule has 3 rings (SSSR count). The molecule has 2 aromatic rings. The number of halogens is 4. The molecule has 1 saturated heterocycles. The van der Waals surface area contributed by atoms with Crippen LogP contribution in [0.5, 0.6) is 0 Å². The lowest BCUT2D eigenvalue weighted by atomic mass is 10.2. The van der Waals surface area contributed by atoms with Crippen molar-refractivity contribution in [3.8, 4) is 0 Å². The molecule has 1 fully saturated rings. The van der Waals surface area contributed by atoms with Crippen LogP contribution in [0.4, 0.5) is 24.5 Å². The van der Waals surface area contributed by atoms with E-state index in [1.165, 1.54) is 0 Å². The fourth-order valence-corrected chi connectivity index (χ4v) is 3.03. The number of hydrogen-bond acceptors (Lipinski definition) is 3. The zero-order chi connectivity index (χ0) is 18.7. The van der Waals surface area contributed by atoms with Gasteiger partial charge in [-0.15, -0.1) is 0 Å². The Morgan fingerprint density at radius 1 is 1.00 bits per heavy atom. The first kappa shape index (κ1) is 18.5. The Labute approximate surface area is 154 Å². The number of hydrogen-bond donors (Lipinski definition) is 1. The first-order valence-corrected chi connectivity index (χ1v) is 8.47. The number of amides is 1. The molecule has 1 aliphatic heterocycles. The van der Waals surface area contributed by atoms with Crippen molar-refractivity contribution in [3.63, 3.8) is 0 Å². The zero-order valence-electron chi connectivity index (χ0n) is 13.8. The standard InChI is InChI=1S/C18H17ClF3N3O/c19-12-2-1-3-13(8-12)25-6-4-24(5-7-25)11-18(26)23-17-10-15(21)14(20)9-16(17)22/h1-3,8-10H,4-7,11H2,(H,23,26). The second kappa shape index (κ2) is 7.97. The number of carbonyl (C=O) groups excluding carboxylic acids is 1. The maximum atomic E-state index is 13.6. The molecule has 1 N–H and O–H groups in total. The molecule has 1 amide bonds. The minimum absolute atomic E-state index is 0.0435. The van der Waals surface area contributed by atoms with Crippen molar-refractivity contribution >= 4 is 28.9 Å². The Morgan fingerprint density at radius 2 is 1.69 bits per heavy atom. The fraction of sp³-hybridized carbons (Fsp3) is 0.278. The molecule has 0 unspecified atom stereocenters. The maximum absolute atomic E-state index is 13.6. The summed E-state index contributed by atoms with van der Waals surface area (Å²) in [5.41, 5.74) is 0.650. The van der Waals surface area contributed by atoms with Crippen molar-refractivity contribution in [2.24, 2.45) is 0 Å². The zero-order valence-corrected chi connectivity index (χ0v) is 14.6. The lowest BCUT2D eigenvalue weighted by Crippen LogP contribution is -2.48. The van der Waals surface area contributed by atoms with Gasteiger partial charge in [0.25, 0.3) is 0 Å². The summed E-state index contributed by atoms with van der Waals surface area (Å²) in [6.07, 6.45) is 0. The van der Waals surface area contributed by atoms with E-state index >= 15 is 0 Å². The van der Waals surface area contributed by atoms with Gasteiger partial charge < -0.3 is 10.2 Å². The summed E-state index contributed by atoms with van der Waals surface area (Å²) in [5.74, 6) is -4.00. The van der Waals surface area contributed by atoms with Gasteiger partial charge in [0.1, 0.15) is 5.82 Å². The molecule has 0 aliphatic carbocycles. The number of piperazine rings is 1. The van der Waals surface area contributed by atoms with E-state index in [-0.39, 0.29) is 12.2 Å². The molecule has 1 heterocycles. The van der Waals surface area contributed by atoms with Gasteiger partial charge in [-0.05, 0) is 18.2 Å². The van der Waals surface area contributed by atoms with Crippen LogP contribution in [0.15, 0.2) is 36.4 Å². The van der Waals surface area contributed by atoms with Gasteiger partial charge in [0.2, 0.25) is 5.91 Å². The van der Waals surface area contributed by atoms with Gasteiger partial charge in [0, 0.05) is 49.0 Å². The van der Waals surface area contributed by atoms with E-state index in [9.17, 15) is 18.0 Å². The average molecular weight is 384 g/mol. The number of anilines is 2. The maximum Gasteiger partial charge on any atom is 0.238 e. The Morgan fingerprint density at radius 3 is 2.38 bits per heavy atom. The van der Waals surface area contributed by atoms with Crippen LogP contribution in [0, 0.1) is 17.5 Å². The number of rotatable bonds is 4. The molecule has 0 atom stereocenters. The summed E-state index contributed by atoms with van der Waals surface area (Å²) in [5, 5.41) is 2.95. The lowest BCUT2D eigenvalue weighted by Gasteiger charge is -2.35. The van der Waals surface area contributed by atoms with Crippen LogP contribution in [0.25, 0.3) is 0 Å². The van der Waals surface area contributed by atoms with E-state index in [0.29, 0.717) is 43.3 Å². The van der Waals surface area contributed by atoms with E-state index in [0.717, 1.165) is 5.69 Å². The minimum Gasteiger partial charge on any atom is -0.369 e. The molecule has 0 spiro atoms. The third kappa shape index (κ3) is 4.47. The van der Waals surface area contributed by atoms with Crippen LogP contribution in [-0.4, -0.2) is 43.5 Å². The first-order chi connectivity index (χ1) is 12.4. The third-order valence-corrected chi connectivity index (χ3v) is 4.43. The monoisotopic (exact) mass is 383 g/mol. The molecule has 0 bridgehead atoms. The largest absolute Gasteiger partial charge is 0.369 e. The van der Waals surface area contributed by atoms with Crippen molar-refractivity contribution in [3.05, 3.63) is 58.9 Å². The molecular formula is C18H17ClF3N3O. The number of benzene rings is 2. The highest BCUT2D eigenvalue weighted by atomic mass is 35.5. The van der Waals surface area contributed by atoms with Crippen molar-refractivity contribution in [1.29, 1.82) is 0 Å². The van der Waals surface area contributed by atoms with Gasteiger partial charge in [-0.1, -0.05) is 17.7 Å². The molecule has 26 heavy (non-hydrogen) atoms. The smallest absolute Gasteiger partial charge is 0.238 e. The third-order valence-electron chi connectivity index (χ3n) is 4.20. The molecular weight excluding hydrogens is 367 g/mol. The van der Waals surface area contributed by atoms with Crippen LogP contribution < -0.4 is 10.2 Å². The Hall–Kier alpha value is -2.25. The highest BCUT2D eigenvalue weighted by molar-refractivity contribution is 6.30. The predicted octanol–water partition coefficient (Wildman–Crippen LogP) is 3.52. The summed E-state index contributed by atoms with van der Waals surface area (Å²) >= 11 is 6.00. The quantitative estimate of drug-likeness (QED) is 0.821. The molecule has 0 saturated carbocycles. The average Bonchev–Trinajstić information content (AvgIpc) is 2.60. The van der Waals surface area contributed by atoms with E-state index in [2.05, 4.69) is 10.2 Å². The predicted molar refractivity (Wildman–Crippen MR) is 95.1 cm³/mol. The number of nitrogens with zero attached hydrogens (tertiary/aromatic N) is 2. The van der Waals surface area contributed by atoms with Crippen molar-refractivity contribution in [1.82, 2.24) is 4.90 Å². The Balaban J connectivity index is 1.53. The second-order valence-corrected chi connectivity index (χ2v) is 6.47. The molecule has 8 heteroatoms. The van der Waals surface area contributed by atoms with Gasteiger partial charge >= 0.3 is 0 Å². The minimum atomic E-state index is -1.29. The fourth-order valence-electron chi connectivity index (χ4n) is 2.85. The van der Waals surface area contributed by atoms with Crippen LogP contribution in [0.2, 0.25) is 5.02 Å². The van der Waals surface area contributed by atoms with Crippen LogP contribution in [0.1, 0.15) is 0 Å². The van der Waals surface area contributed by atoms with Crippen LogP contribution in [0.3, 0.4) is 0 Å². The molecule has 0 radical (unpaired) electrons. The molecule has 4 nitrogen and oxygen atoms in total. The van der Waals surface area contributed by atoms with Gasteiger partial charge in [0.15, 0.2) is 11.6 Å². The second-order valence-electron chi connectivity index (χ2n) is 6.04. The topological polar surface area (TPSA) is 35.6 Å². The van der Waals surface area contributed by atoms with Gasteiger partial charge in [0.05, 0.1) is 12.2 Å². The van der Waals surface area contributed by atoms with Crippen molar-refractivity contribution in [2.75, 3.05) is 42.9 Å². The summed E-state index contributed by atoms with van der Waals surface area (Å²) in [4.78, 5) is 16.1. The van der Waals surface area contributed by atoms with Gasteiger partial charge in [-0.25, -0.2) is 13.2 Å². The van der Waals surface area contributed by atoms with Crippen LogP contribution in [-0.2, 0) is 4.79 Å². The van der Waals surface area contributed by atoms with E-state index in [1.54, 1.807) is 0 Å². The molecule has 0 aromatic heterocycles. The molecule has 1 aliphatic rings.